The first-order chi connectivity index (χ1) is 21.7. The summed E-state index contributed by atoms with van der Waals surface area (Å²) in [5, 5.41) is 6.63. The van der Waals surface area contributed by atoms with Crippen LogP contribution in [-0.2, 0) is 16.0 Å². The second kappa shape index (κ2) is 14.5. The number of amides is 2. The minimum atomic E-state index is -0.455. The van der Waals surface area contributed by atoms with Gasteiger partial charge in [0, 0.05) is 31.7 Å². The number of carbonyl (C=O) groups excluding carboxylic acids is 2. The number of aromatic nitrogens is 2. The lowest BCUT2D eigenvalue weighted by molar-refractivity contribution is -0.120. The Balaban J connectivity index is 1.36. The number of rotatable bonds is 11. The van der Waals surface area contributed by atoms with E-state index >= 15 is 0 Å². The molecule has 240 valence electrons. The molecule has 0 saturated heterocycles. The van der Waals surface area contributed by atoms with Crippen molar-refractivity contribution >= 4 is 35.1 Å². The minimum Gasteiger partial charge on any atom is -0.493 e. The minimum absolute atomic E-state index is 0.0129. The largest absolute Gasteiger partial charge is 0.493 e. The van der Waals surface area contributed by atoms with Gasteiger partial charge in [0.15, 0.2) is 17.3 Å². The summed E-state index contributed by atoms with van der Waals surface area (Å²) in [6.07, 6.45) is 7.82. The molecule has 3 aromatic rings. The van der Waals surface area contributed by atoms with Gasteiger partial charge < -0.3 is 25.0 Å². The van der Waals surface area contributed by atoms with Crippen LogP contribution in [0.25, 0.3) is 0 Å². The molecule has 1 aromatic heterocycles. The number of anilines is 2. The van der Waals surface area contributed by atoms with Crippen molar-refractivity contribution in [3.8, 4) is 11.5 Å². The van der Waals surface area contributed by atoms with Gasteiger partial charge >= 0.3 is 0 Å². The van der Waals surface area contributed by atoms with Gasteiger partial charge in [-0.25, -0.2) is 9.97 Å². The number of hydrogen-bond donors (Lipinski definition) is 2. The number of methoxy groups -OCH3 is 1. The highest BCUT2D eigenvalue weighted by atomic mass is 35.5. The van der Waals surface area contributed by atoms with E-state index in [9.17, 15) is 9.59 Å². The molecule has 10 nitrogen and oxygen atoms in total. The van der Waals surface area contributed by atoms with Gasteiger partial charge in [0.1, 0.15) is 5.82 Å². The summed E-state index contributed by atoms with van der Waals surface area (Å²) in [6, 6.07) is 11.3. The number of ether oxygens (including phenoxy) is 2. The van der Waals surface area contributed by atoms with Crippen molar-refractivity contribution in [2.75, 3.05) is 44.1 Å². The smallest absolute Gasteiger partial charge is 0.233 e. The maximum Gasteiger partial charge on any atom is 0.233 e. The van der Waals surface area contributed by atoms with Crippen LogP contribution in [0.1, 0.15) is 62.3 Å². The van der Waals surface area contributed by atoms with Crippen molar-refractivity contribution in [2.45, 2.75) is 64.1 Å². The number of nitrogens with zero attached hydrogens (tertiary/aromatic N) is 4. The van der Waals surface area contributed by atoms with E-state index in [1.54, 1.807) is 31.5 Å². The summed E-state index contributed by atoms with van der Waals surface area (Å²) in [5.41, 5.74) is 2.72. The van der Waals surface area contributed by atoms with Gasteiger partial charge in [-0.15, -0.1) is 0 Å². The first-order valence-electron chi connectivity index (χ1n) is 15.6. The first-order valence-corrected chi connectivity index (χ1v) is 16.0. The number of hydrogen-bond acceptors (Lipinski definition) is 8. The lowest BCUT2D eigenvalue weighted by Crippen LogP contribution is -2.42. The summed E-state index contributed by atoms with van der Waals surface area (Å²) in [6.45, 7) is 5.16. The third-order valence-corrected chi connectivity index (χ3v) is 8.86. The van der Waals surface area contributed by atoms with Crippen LogP contribution in [0.2, 0.25) is 5.02 Å². The molecule has 1 fully saturated rings. The van der Waals surface area contributed by atoms with Gasteiger partial charge in [-0.1, -0.05) is 23.7 Å². The molecule has 2 aromatic carbocycles. The van der Waals surface area contributed by atoms with E-state index in [4.69, 9.17) is 31.0 Å². The van der Waals surface area contributed by atoms with Gasteiger partial charge in [0.2, 0.25) is 11.8 Å². The molecule has 1 atom stereocenters. The van der Waals surface area contributed by atoms with Crippen LogP contribution in [0.4, 0.5) is 11.6 Å². The van der Waals surface area contributed by atoms with Gasteiger partial charge in [-0.3, -0.25) is 14.5 Å². The predicted octanol–water partition coefficient (Wildman–Crippen LogP) is 4.94. The fourth-order valence-electron chi connectivity index (χ4n) is 6.29. The average Bonchev–Trinajstić information content (AvgIpc) is 3.04. The summed E-state index contributed by atoms with van der Waals surface area (Å²) in [5.74, 6) is 2.91. The molecule has 1 saturated carbocycles. The molecule has 2 heterocycles. The van der Waals surface area contributed by atoms with E-state index in [0.717, 1.165) is 54.7 Å². The molecule has 0 spiro atoms. The van der Waals surface area contributed by atoms with E-state index in [2.05, 4.69) is 15.5 Å². The number of nitrogens with one attached hydrogen (secondary N) is 2. The summed E-state index contributed by atoms with van der Waals surface area (Å²) in [7, 11) is 5.29. The fourth-order valence-corrected chi connectivity index (χ4v) is 6.41. The standard InChI is InChI=1S/C34H43ClN6O4/c1-21(2)45-29-16-27-24(14-28(29)44-5)15-33(43)41(34(27)23-8-10-25(35)11-9-23)31-18-38-30(17-39-31)40(4)20-22-6-12-26(13-7-22)37-19-32(42)36-3/h8-11,14,16-18,21-22,26,34,37H,6-7,12-13,15,19-20H2,1-5H3,(H,36,42)/t22-,26-,34?. The Morgan fingerprint density at radius 1 is 1.09 bits per heavy atom. The van der Waals surface area contributed by atoms with Crippen LogP contribution in [-0.4, -0.2) is 68.2 Å². The highest BCUT2D eigenvalue weighted by Crippen LogP contribution is 2.43. The highest BCUT2D eigenvalue weighted by Gasteiger charge is 2.37. The zero-order valence-electron chi connectivity index (χ0n) is 26.7. The monoisotopic (exact) mass is 634 g/mol. The number of fused-ring (bicyclic) bond motifs is 1. The molecule has 0 bridgehead atoms. The molecule has 2 aliphatic rings. The van der Waals surface area contributed by atoms with E-state index < -0.39 is 6.04 Å². The van der Waals surface area contributed by atoms with E-state index in [0.29, 0.717) is 40.8 Å². The third kappa shape index (κ3) is 7.68. The lowest BCUT2D eigenvalue weighted by Gasteiger charge is -2.37. The molecule has 0 radical (unpaired) electrons. The molecular formula is C34H43ClN6O4. The van der Waals surface area contributed by atoms with Crippen LogP contribution in [0.3, 0.4) is 0 Å². The van der Waals surface area contributed by atoms with Crippen LogP contribution in [0, 0.1) is 5.92 Å². The first kappa shape index (κ1) is 32.5. The molecule has 2 amide bonds. The quantitative estimate of drug-likeness (QED) is 0.306. The second-order valence-corrected chi connectivity index (χ2v) is 12.6. The summed E-state index contributed by atoms with van der Waals surface area (Å²) in [4.78, 5) is 38.7. The van der Waals surface area contributed by atoms with E-state index in [-0.39, 0.29) is 24.3 Å². The second-order valence-electron chi connectivity index (χ2n) is 12.1. The Labute approximate surface area is 270 Å². The highest BCUT2D eigenvalue weighted by molar-refractivity contribution is 6.30. The molecular weight excluding hydrogens is 592 g/mol. The van der Waals surface area contributed by atoms with Crippen molar-refractivity contribution < 1.29 is 19.1 Å². The van der Waals surface area contributed by atoms with Crippen LogP contribution < -0.4 is 29.9 Å². The molecule has 11 heteroatoms. The fraction of sp³-hybridized carbons (Fsp3) is 0.471. The Morgan fingerprint density at radius 2 is 1.82 bits per heavy atom. The number of halogens is 1. The number of likely N-dealkylation sites (N-methyl/N-ethyl adjacent to an activating group) is 1. The molecule has 1 aliphatic carbocycles. The average molecular weight is 635 g/mol. The molecule has 45 heavy (non-hydrogen) atoms. The molecule has 2 N–H and O–H groups in total. The van der Waals surface area contributed by atoms with Gasteiger partial charge in [-0.05, 0) is 86.4 Å². The molecule has 1 aliphatic heterocycles. The lowest BCUT2D eigenvalue weighted by atomic mass is 9.85. The summed E-state index contributed by atoms with van der Waals surface area (Å²) >= 11 is 6.25. The Hall–Kier alpha value is -3.89. The Kier molecular flexibility index (Phi) is 10.5. The third-order valence-electron chi connectivity index (χ3n) is 8.61. The van der Waals surface area contributed by atoms with Gasteiger partial charge in [0.05, 0.1) is 44.6 Å². The normalized spacial score (nSPS) is 19.7. The van der Waals surface area contributed by atoms with Crippen molar-refractivity contribution in [1.82, 2.24) is 20.6 Å². The number of carbonyl (C=O) groups is 2. The van der Waals surface area contributed by atoms with E-state index in [1.807, 2.05) is 57.3 Å². The Bertz CT molecular complexity index is 1480. The van der Waals surface area contributed by atoms with Crippen LogP contribution in [0.15, 0.2) is 48.8 Å². The summed E-state index contributed by atoms with van der Waals surface area (Å²) < 4.78 is 11.7. The maximum atomic E-state index is 13.8. The predicted molar refractivity (Wildman–Crippen MR) is 176 cm³/mol. The molecule has 5 rings (SSSR count). The van der Waals surface area contributed by atoms with Crippen LogP contribution in [0.5, 0.6) is 11.5 Å². The zero-order valence-corrected chi connectivity index (χ0v) is 27.4. The van der Waals surface area contributed by atoms with Gasteiger partial charge in [-0.2, -0.15) is 0 Å². The maximum absolute atomic E-state index is 13.8. The van der Waals surface area contributed by atoms with Gasteiger partial charge in [0.25, 0.3) is 0 Å². The number of benzene rings is 2. The van der Waals surface area contributed by atoms with Crippen molar-refractivity contribution in [3.63, 3.8) is 0 Å². The van der Waals surface area contributed by atoms with Crippen LogP contribution >= 0.6 is 11.6 Å². The zero-order chi connectivity index (χ0) is 32.1. The SMILES string of the molecule is CNC(=O)CN[C@H]1CC[C@H](CN(C)c2cnc(N3C(=O)Cc4cc(OC)c(OC(C)C)cc4C3c3ccc(Cl)cc3)cn2)CC1. The van der Waals surface area contributed by atoms with E-state index in [1.165, 1.54) is 0 Å². The molecule has 1 unspecified atom stereocenters. The van der Waals surface area contributed by atoms with Crippen molar-refractivity contribution in [1.29, 1.82) is 0 Å². The topological polar surface area (TPSA) is 109 Å². The van der Waals surface area contributed by atoms with Crippen molar-refractivity contribution in [3.05, 3.63) is 70.5 Å². The Morgan fingerprint density at radius 3 is 2.44 bits per heavy atom. The van der Waals surface area contributed by atoms with Crippen molar-refractivity contribution in [2.24, 2.45) is 5.92 Å².